The number of unbranched alkanes of at least 4 members (excludes halogenated alkanes) is 2. The van der Waals surface area contributed by atoms with Crippen LogP contribution in [0.3, 0.4) is 0 Å². The van der Waals surface area contributed by atoms with Gasteiger partial charge in [0.2, 0.25) is 0 Å². The van der Waals surface area contributed by atoms with Crippen molar-refractivity contribution in [1.29, 1.82) is 0 Å². The second-order valence-electron chi connectivity index (χ2n) is 4.59. The Labute approximate surface area is 127 Å². The molecule has 2 N–H and O–H groups in total. The van der Waals surface area contributed by atoms with Gasteiger partial charge < -0.3 is 10.4 Å². The van der Waals surface area contributed by atoms with Gasteiger partial charge in [-0.15, -0.1) is 0 Å². The van der Waals surface area contributed by atoms with Crippen LogP contribution in [0, 0.1) is 0 Å². The molecule has 1 amide bonds. The number of rotatable bonds is 9. The van der Waals surface area contributed by atoms with Crippen molar-refractivity contribution in [2.45, 2.75) is 37.5 Å². The van der Waals surface area contributed by atoms with Gasteiger partial charge in [-0.3, -0.25) is 13.8 Å². The first-order valence-electron chi connectivity index (χ1n) is 7.03. The van der Waals surface area contributed by atoms with Crippen LogP contribution in [0.5, 0.6) is 0 Å². The summed E-state index contributed by atoms with van der Waals surface area (Å²) in [5.41, 5.74) is 0.447. The summed E-state index contributed by atoms with van der Waals surface area (Å²) in [7, 11) is -1.16. The fraction of sp³-hybridized carbons (Fsp3) is 0.467. The Hall–Kier alpha value is -1.69. The summed E-state index contributed by atoms with van der Waals surface area (Å²) >= 11 is 0. The number of hydrogen-bond acceptors (Lipinski definition) is 3. The summed E-state index contributed by atoms with van der Waals surface area (Å²) in [4.78, 5) is 23.0. The molecule has 21 heavy (non-hydrogen) atoms. The third-order valence-corrected chi connectivity index (χ3v) is 4.36. The first-order chi connectivity index (χ1) is 10.1. The minimum atomic E-state index is -1.16. The van der Waals surface area contributed by atoms with E-state index in [9.17, 15) is 13.8 Å². The maximum atomic E-state index is 12.1. The van der Waals surface area contributed by atoms with Crippen LogP contribution in [0.15, 0.2) is 29.2 Å². The van der Waals surface area contributed by atoms with E-state index < -0.39 is 16.8 Å². The maximum Gasteiger partial charge on any atom is 0.303 e. The Kier molecular flexibility index (Phi) is 7.68. The molecule has 0 aromatic heterocycles. The quantitative estimate of drug-likeness (QED) is 0.685. The second-order valence-corrected chi connectivity index (χ2v) is 6.30. The maximum absolute atomic E-state index is 12.1. The molecule has 0 aliphatic heterocycles. The molecule has 6 heteroatoms. The lowest BCUT2D eigenvalue weighted by molar-refractivity contribution is -0.137. The predicted molar refractivity (Wildman–Crippen MR) is 81.8 cm³/mol. The topological polar surface area (TPSA) is 83.5 Å². The number of carbonyl (C=O) groups excluding carboxylic acids is 1. The molecular formula is C15H21NO4S. The molecular weight excluding hydrogens is 290 g/mol. The molecule has 0 fully saturated rings. The Bertz CT molecular complexity index is 516. The van der Waals surface area contributed by atoms with Crippen LogP contribution in [0.4, 0.5) is 0 Å². The molecule has 0 bridgehead atoms. The number of benzene rings is 1. The van der Waals surface area contributed by atoms with Crippen LogP contribution in [0.25, 0.3) is 0 Å². The van der Waals surface area contributed by atoms with E-state index in [1.54, 1.807) is 24.3 Å². The van der Waals surface area contributed by atoms with Gasteiger partial charge in [0.15, 0.2) is 0 Å². The van der Waals surface area contributed by atoms with Crippen molar-refractivity contribution in [3.63, 3.8) is 0 Å². The van der Waals surface area contributed by atoms with Gasteiger partial charge in [-0.1, -0.05) is 25.5 Å². The normalized spacial score (nSPS) is 11.9. The largest absolute Gasteiger partial charge is 0.481 e. The zero-order chi connectivity index (χ0) is 15.7. The standard InChI is InChI=1S/C15H21NO4S/c1-2-21(20)13-9-6-5-8-12(13)15(19)16-11-7-3-4-10-14(17)18/h5-6,8-9H,2-4,7,10-11H2,1H3,(H,16,19)(H,17,18). The van der Waals surface area contributed by atoms with Gasteiger partial charge >= 0.3 is 5.97 Å². The summed E-state index contributed by atoms with van der Waals surface area (Å²) in [6, 6.07) is 6.90. The first kappa shape index (κ1) is 17.4. The molecule has 1 aromatic carbocycles. The third kappa shape index (κ3) is 6.08. The lowest BCUT2D eigenvalue weighted by Crippen LogP contribution is -2.25. The molecule has 1 atom stereocenters. The van der Waals surface area contributed by atoms with E-state index in [1.807, 2.05) is 6.92 Å². The molecule has 116 valence electrons. The van der Waals surface area contributed by atoms with Crippen LogP contribution < -0.4 is 5.32 Å². The molecule has 0 saturated heterocycles. The lowest BCUT2D eigenvalue weighted by Gasteiger charge is -2.09. The monoisotopic (exact) mass is 311 g/mol. The molecule has 0 aliphatic carbocycles. The molecule has 1 rings (SSSR count). The summed E-state index contributed by atoms with van der Waals surface area (Å²) in [5, 5.41) is 11.3. The number of hydrogen-bond donors (Lipinski definition) is 2. The smallest absolute Gasteiger partial charge is 0.303 e. The highest BCUT2D eigenvalue weighted by Crippen LogP contribution is 2.13. The van der Waals surface area contributed by atoms with Gasteiger partial charge in [-0.2, -0.15) is 0 Å². The van der Waals surface area contributed by atoms with Crippen molar-refractivity contribution in [1.82, 2.24) is 5.32 Å². The lowest BCUT2D eigenvalue weighted by atomic mass is 10.2. The second kappa shape index (κ2) is 9.28. The summed E-state index contributed by atoms with van der Waals surface area (Å²) < 4.78 is 11.9. The van der Waals surface area contributed by atoms with E-state index >= 15 is 0 Å². The SMILES string of the molecule is CCS(=O)c1ccccc1C(=O)NCCCCCC(=O)O. The van der Waals surface area contributed by atoms with E-state index in [1.165, 1.54) is 0 Å². The highest BCUT2D eigenvalue weighted by Gasteiger charge is 2.13. The van der Waals surface area contributed by atoms with Gasteiger partial charge in [0.1, 0.15) is 0 Å². The molecule has 5 nitrogen and oxygen atoms in total. The van der Waals surface area contributed by atoms with E-state index in [2.05, 4.69) is 5.32 Å². The Morgan fingerprint density at radius 3 is 2.57 bits per heavy atom. The van der Waals surface area contributed by atoms with E-state index in [0.717, 1.165) is 12.8 Å². The van der Waals surface area contributed by atoms with Gasteiger partial charge in [0, 0.05) is 18.7 Å². The van der Waals surface area contributed by atoms with Crippen LogP contribution >= 0.6 is 0 Å². The van der Waals surface area contributed by atoms with Crippen molar-refractivity contribution in [3.05, 3.63) is 29.8 Å². The van der Waals surface area contributed by atoms with E-state index in [4.69, 9.17) is 5.11 Å². The molecule has 0 heterocycles. The van der Waals surface area contributed by atoms with E-state index in [-0.39, 0.29) is 12.3 Å². The Morgan fingerprint density at radius 2 is 1.90 bits per heavy atom. The van der Waals surface area contributed by atoms with Crippen LogP contribution in [0.2, 0.25) is 0 Å². The zero-order valence-electron chi connectivity index (χ0n) is 12.1. The van der Waals surface area contributed by atoms with Crippen molar-refractivity contribution in [2.75, 3.05) is 12.3 Å². The highest BCUT2D eigenvalue weighted by atomic mass is 32.2. The fourth-order valence-electron chi connectivity index (χ4n) is 1.88. The number of carboxylic acids is 1. The number of amides is 1. The van der Waals surface area contributed by atoms with Gasteiger partial charge in [0.25, 0.3) is 5.91 Å². The minimum absolute atomic E-state index is 0.159. The molecule has 0 radical (unpaired) electrons. The van der Waals surface area contributed by atoms with Gasteiger partial charge in [0.05, 0.1) is 21.3 Å². The molecule has 0 aliphatic rings. The molecule has 1 aromatic rings. The first-order valence-corrected chi connectivity index (χ1v) is 8.35. The van der Waals surface area contributed by atoms with Crippen molar-refractivity contribution in [2.24, 2.45) is 0 Å². The average molecular weight is 311 g/mol. The molecule has 0 spiro atoms. The number of carboxylic acid groups (broad SMARTS) is 1. The third-order valence-electron chi connectivity index (χ3n) is 2.99. The minimum Gasteiger partial charge on any atom is -0.481 e. The molecule has 0 saturated carbocycles. The number of nitrogens with one attached hydrogen (secondary N) is 1. The van der Waals surface area contributed by atoms with Crippen LogP contribution in [-0.2, 0) is 15.6 Å². The van der Waals surface area contributed by atoms with Crippen molar-refractivity contribution in [3.8, 4) is 0 Å². The average Bonchev–Trinajstić information content (AvgIpc) is 2.49. The Balaban J connectivity index is 2.46. The Morgan fingerprint density at radius 1 is 1.19 bits per heavy atom. The summed E-state index contributed by atoms with van der Waals surface area (Å²) in [6.45, 7) is 2.30. The van der Waals surface area contributed by atoms with Crippen LogP contribution in [-0.4, -0.2) is 33.5 Å². The number of aliphatic carboxylic acids is 1. The van der Waals surface area contributed by atoms with Crippen LogP contribution in [0.1, 0.15) is 43.0 Å². The van der Waals surface area contributed by atoms with E-state index in [0.29, 0.717) is 29.2 Å². The van der Waals surface area contributed by atoms with Gasteiger partial charge in [-0.05, 0) is 25.0 Å². The predicted octanol–water partition coefficient (Wildman–Crippen LogP) is 2.19. The zero-order valence-corrected chi connectivity index (χ0v) is 12.9. The van der Waals surface area contributed by atoms with Crippen molar-refractivity contribution < 1.29 is 18.9 Å². The van der Waals surface area contributed by atoms with Gasteiger partial charge in [-0.25, -0.2) is 0 Å². The molecule has 1 unspecified atom stereocenters. The number of carbonyl (C=O) groups is 2. The fourth-order valence-corrected chi connectivity index (χ4v) is 2.83. The van der Waals surface area contributed by atoms with Crippen molar-refractivity contribution >= 4 is 22.7 Å². The summed E-state index contributed by atoms with van der Waals surface area (Å²) in [5.74, 6) is -0.555. The highest BCUT2D eigenvalue weighted by molar-refractivity contribution is 7.85. The summed E-state index contributed by atoms with van der Waals surface area (Å²) in [6.07, 6.45) is 2.26.